The van der Waals surface area contributed by atoms with Crippen molar-refractivity contribution in [1.29, 1.82) is 0 Å². The summed E-state index contributed by atoms with van der Waals surface area (Å²) in [6.45, 7) is 2.32. The number of nitrogens with zero attached hydrogens (tertiary/aromatic N) is 2. The first kappa shape index (κ1) is 13.7. The van der Waals surface area contributed by atoms with Crippen LogP contribution >= 0.6 is 0 Å². The van der Waals surface area contributed by atoms with Crippen LogP contribution < -0.4 is 10.5 Å². The molecule has 6 heteroatoms. The highest BCUT2D eigenvalue weighted by molar-refractivity contribution is 5.42. The second kappa shape index (κ2) is 5.97. The summed E-state index contributed by atoms with van der Waals surface area (Å²) < 4.78 is 5.77. The first-order chi connectivity index (χ1) is 9.11. The maximum absolute atomic E-state index is 11.0. The van der Waals surface area contributed by atoms with Crippen LogP contribution in [0.25, 0.3) is 0 Å². The minimum Gasteiger partial charge on any atom is -0.469 e. The van der Waals surface area contributed by atoms with Crippen LogP contribution in [0.2, 0.25) is 0 Å². The van der Waals surface area contributed by atoms with Gasteiger partial charge in [-0.25, -0.2) is 4.98 Å². The monoisotopic (exact) mass is 265 g/mol. The number of pyridine rings is 1. The van der Waals surface area contributed by atoms with Gasteiger partial charge in [-0.15, -0.1) is 0 Å². The Morgan fingerprint density at radius 2 is 2.26 bits per heavy atom. The van der Waals surface area contributed by atoms with Crippen LogP contribution in [0.4, 0.5) is 5.69 Å². The van der Waals surface area contributed by atoms with Crippen molar-refractivity contribution in [3.63, 3.8) is 0 Å². The molecule has 0 aliphatic heterocycles. The molecule has 19 heavy (non-hydrogen) atoms. The zero-order valence-corrected chi connectivity index (χ0v) is 11.0. The lowest BCUT2D eigenvalue weighted by Gasteiger charge is -2.30. The van der Waals surface area contributed by atoms with Crippen molar-refractivity contribution in [2.45, 2.75) is 38.7 Å². The van der Waals surface area contributed by atoms with Crippen LogP contribution in [0.3, 0.4) is 0 Å². The van der Waals surface area contributed by atoms with Gasteiger partial charge < -0.3 is 10.5 Å². The summed E-state index contributed by atoms with van der Waals surface area (Å²) in [5, 5.41) is 11.0. The van der Waals surface area contributed by atoms with E-state index in [1.807, 2.05) is 0 Å². The highest BCUT2D eigenvalue weighted by Crippen LogP contribution is 2.31. The van der Waals surface area contributed by atoms with E-state index < -0.39 is 4.92 Å². The van der Waals surface area contributed by atoms with E-state index in [4.69, 9.17) is 10.5 Å². The number of ether oxygens (including phenoxy) is 1. The van der Waals surface area contributed by atoms with E-state index in [0.29, 0.717) is 6.54 Å². The molecule has 1 heterocycles. The summed E-state index contributed by atoms with van der Waals surface area (Å²) in [7, 11) is 0. The number of hydrogen-bond donors (Lipinski definition) is 1. The first-order valence-electron chi connectivity index (χ1n) is 6.59. The predicted octanol–water partition coefficient (Wildman–Crippen LogP) is 2.19. The summed E-state index contributed by atoms with van der Waals surface area (Å²) in [5.41, 5.74) is 6.41. The normalized spacial score (nSPS) is 23.1. The largest absolute Gasteiger partial charge is 0.469 e. The smallest absolute Gasteiger partial charge is 0.331 e. The Kier molecular flexibility index (Phi) is 4.31. The highest BCUT2D eigenvalue weighted by Gasteiger charge is 2.28. The quantitative estimate of drug-likeness (QED) is 0.665. The van der Waals surface area contributed by atoms with Gasteiger partial charge in [-0.2, -0.15) is 0 Å². The Bertz CT molecular complexity index is 464. The van der Waals surface area contributed by atoms with E-state index >= 15 is 0 Å². The Morgan fingerprint density at radius 3 is 2.95 bits per heavy atom. The van der Waals surface area contributed by atoms with Crippen molar-refractivity contribution in [2.75, 3.05) is 6.54 Å². The number of hydrogen-bond acceptors (Lipinski definition) is 5. The first-order valence-corrected chi connectivity index (χ1v) is 6.59. The molecule has 1 aromatic rings. The van der Waals surface area contributed by atoms with Gasteiger partial charge in [-0.3, -0.25) is 10.1 Å². The van der Waals surface area contributed by atoms with Crippen LogP contribution in [0, 0.1) is 23.0 Å². The van der Waals surface area contributed by atoms with E-state index in [2.05, 4.69) is 4.98 Å². The summed E-state index contributed by atoms with van der Waals surface area (Å²) >= 11 is 0. The Hall–Kier alpha value is -1.69. The van der Waals surface area contributed by atoms with Crippen LogP contribution in [0.1, 0.15) is 31.2 Å². The van der Waals surface area contributed by atoms with Crippen LogP contribution in [0.15, 0.2) is 12.3 Å². The number of aromatic nitrogens is 1. The zero-order chi connectivity index (χ0) is 13.8. The molecule has 1 fully saturated rings. The molecule has 0 saturated heterocycles. The minimum absolute atomic E-state index is 0.0624. The van der Waals surface area contributed by atoms with Crippen molar-refractivity contribution in [3.05, 3.63) is 27.9 Å². The number of nitro groups is 1. The molecule has 0 aromatic carbocycles. The average molecular weight is 265 g/mol. The van der Waals surface area contributed by atoms with Gasteiger partial charge in [0.15, 0.2) is 0 Å². The lowest BCUT2D eigenvalue weighted by atomic mass is 9.86. The molecule has 1 aliphatic carbocycles. The second-order valence-corrected chi connectivity index (χ2v) is 5.03. The molecule has 104 valence electrons. The molecule has 0 amide bonds. The molecule has 1 saturated carbocycles. The van der Waals surface area contributed by atoms with Gasteiger partial charge in [0.25, 0.3) is 5.88 Å². The Labute approximate surface area is 112 Å². The van der Waals surface area contributed by atoms with Gasteiger partial charge in [-0.1, -0.05) is 6.42 Å². The van der Waals surface area contributed by atoms with Gasteiger partial charge >= 0.3 is 5.69 Å². The van der Waals surface area contributed by atoms with Crippen molar-refractivity contribution in [3.8, 4) is 5.88 Å². The van der Waals surface area contributed by atoms with Crippen LogP contribution in [0.5, 0.6) is 5.88 Å². The van der Waals surface area contributed by atoms with E-state index in [9.17, 15) is 10.1 Å². The molecule has 1 aliphatic rings. The fraction of sp³-hybridized carbons (Fsp3) is 0.615. The van der Waals surface area contributed by atoms with E-state index in [0.717, 1.165) is 31.2 Å². The Balaban J connectivity index is 2.20. The molecular weight excluding hydrogens is 246 g/mol. The lowest BCUT2D eigenvalue weighted by Crippen LogP contribution is -2.35. The summed E-state index contributed by atoms with van der Waals surface area (Å²) in [6.07, 6.45) is 5.64. The molecule has 2 atom stereocenters. The third-order valence-corrected chi connectivity index (χ3v) is 3.57. The van der Waals surface area contributed by atoms with Gasteiger partial charge in [0.1, 0.15) is 6.10 Å². The van der Waals surface area contributed by atoms with Crippen molar-refractivity contribution in [1.82, 2.24) is 4.98 Å². The Morgan fingerprint density at radius 1 is 1.53 bits per heavy atom. The van der Waals surface area contributed by atoms with E-state index in [1.165, 1.54) is 6.07 Å². The highest BCUT2D eigenvalue weighted by atomic mass is 16.6. The van der Waals surface area contributed by atoms with Crippen molar-refractivity contribution >= 4 is 5.69 Å². The van der Waals surface area contributed by atoms with Gasteiger partial charge in [0.05, 0.1) is 4.92 Å². The topological polar surface area (TPSA) is 91.3 Å². The molecular formula is C13H19N3O3. The SMILES string of the molecule is Cc1cnc(OC2CCCCC2CN)c([N+](=O)[O-])c1. The maximum atomic E-state index is 11.0. The fourth-order valence-electron chi connectivity index (χ4n) is 2.50. The van der Waals surface area contributed by atoms with Crippen LogP contribution in [-0.2, 0) is 0 Å². The van der Waals surface area contributed by atoms with E-state index in [1.54, 1.807) is 13.1 Å². The summed E-state index contributed by atoms with van der Waals surface area (Å²) in [5.74, 6) is 0.373. The molecule has 1 aromatic heterocycles. The fourth-order valence-corrected chi connectivity index (χ4v) is 2.50. The molecule has 0 radical (unpaired) electrons. The molecule has 2 rings (SSSR count). The average Bonchev–Trinajstić information content (AvgIpc) is 2.41. The molecule has 0 spiro atoms. The maximum Gasteiger partial charge on any atom is 0.331 e. The summed E-state index contributed by atoms with van der Waals surface area (Å²) in [4.78, 5) is 14.6. The minimum atomic E-state index is -0.449. The summed E-state index contributed by atoms with van der Waals surface area (Å²) in [6, 6.07) is 1.49. The predicted molar refractivity (Wildman–Crippen MR) is 71.1 cm³/mol. The number of aryl methyl sites for hydroxylation is 1. The molecule has 0 bridgehead atoms. The second-order valence-electron chi connectivity index (χ2n) is 5.03. The van der Waals surface area contributed by atoms with Gasteiger partial charge in [-0.05, 0) is 38.3 Å². The lowest BCUT2D eigenvalue weighted by molar-refractivity contribution is -0.386. The number of rotatable bonds is 4. The third kappa shape index (κ3) is 3.20. The third-order valence-electron chi connectivity index (χ3n) is 3.57. The van der Waals surface area contributed by atoms with Crippen molar-refractivity contribution < 1.29 is 9.66 Å². The standard InChI is InChI=1S/C13H19N3O3/c1-9-6-11(16(17)18)13(15-8-9)19-12-5-3-2-4-10(12)7-14/h6,8,10,12H,2-5,7,14H2,1H3. The molecule has 6 nitrogen and oxygen atoms in total. The number of nitrogens with two attached hydrogens (primary N) is 1. The molecule has 2 unspecified atom stereocenters. The van der Waals surface area contributed by atoms with Gasteiger partial charge in [0, 0.05) is 18.2 Å². The van der Waals surface area contributed by atoms with Crippen molar-refractivity contribution in [2.24, 2.45) is 11.7 Å². The molecule has 2 N–H and O–H groups in total. The zero-order valence-electron chi connectivity index (χ0n) is 11.0. The van der Waals surface area contributed by atoms with Gasteiger partial charge in [0.2, 0.25) is 0 Å². The van der Waals surface area contributed by atoms with E-state index in [-0.39, 0.29) is 23.6 Å². The van der Waals surface area contributed by atoms with Crippen LogP contribution in [-0.4, -0.2) is 22.6 Å².